The van der Waals surface area contributed by atoms with Gasteiger partial charge < -0.3 is 14.9 Å². The van der Waals surface area contributed by atoms with E-state index in [1.54, 1.807) is 23.1 Å². The van der Waals surface area contributed by atoms with Gasteiger partial charge in [0.15, 0.2) is 0 Å². The number of hydrogen-bond acceptors (Lipinski definition) is 3. The first-order chi connectivity index (χ1) is 9.00. The van der Waals surface area contributed by atoms with E-state index in [-0.39, 0.29) is 16.5 Å². The lowest BCUT2D eigenvalue weighted by molar-refractivity contribution is -0.129. The topological polar surface area (TPSA) is 60.9 Å². The molecule has 1 saturated heterocycles. The van der Waals surface area contributed by atoms with Gasteiger partial charge in [-0.05, 0) is 12.1 Å². The second-order valence-corrected chi connectivity index (χ2v) is 4.84. The summed E-state index contributed by atoms with van der Waals surface area (Å²) < 4.78 is 0. The summed E-state index contributed by atoms with van der Waals surface area (Å²) in [6.45, 7) is 3.96. The zero-order valence-corrected chi connectivity index (χ0v) is 11.4. The largest absolute Gasteiger partial charge is 0.478 e. The molecule has 0 spiro atoms. The van der Waals surface area contributed by atoms with Crippen LogP contribution in [0.2, 0.25) is 5.02 Å². The SMILES string of the molecule is CC(=O)N1CCN(c2cccc(Cl)c2C(=O)O)CC1. The number of halogens is 1. The molecule has 1 aliphatic rings. The molecule has 1 amide bonds. The summed E-state index contributed by atoms with van der Waals surface area (Å²) in [5, 5.41) is 9.48. The lowest BCUT2D eigenvalue weighted by Gasteiger charge is -2.36. The zero-order chi connectivity index (χ0) is 14.0. The highest BCUT2D eigenvalue weighted by Gasteiger charge is 2.23. The predicted octanol–water partition coefficient (Wildman–Crippen LogP) is 1.71. The van der Waals surface area contributed by atoms with E-state index in [1.165, 1.54) is 6.92 Å². The lowest BCUT2D eigenvalue weighted by Crippen LogP contribution is -2.48. The van der Waals surface area contributed by atoms with Crippen LogP contribution >= 0.6 is 11.6 Å². The highest BCUT2D eigenvalue weighted by Crippen LogP contribution is 2.28. The van der Waals surface area contributed by atoms with Gasteiger partial charge in [0.1, 0.15) is 5.56 Å². The number of carbonyl (C=O) groups excluding carboxylic acids is 1. The fourth-order valence-corrected chi connectivity index (χ4v) is 2.50. The van der Waals surface area contributed by atoms with Gasteiger partial charge in [-0.15, -0.1) is 0 Å². The molecule has 0 bridgehead atoms. The van der Waals surface area contributed by atoms with E-state index < -0.39 is 5.97 Å². The number of carboxylic acid groups (broad SMARTS) is 1. The number of anilines is 1. The molecule has 102 valence electrons. The average molecular weight is 283 g/mol. The van der Waals surface area contributed by atoms with Crippen molar-refractivity contribution in [2.24, 2.45) is 0 Å². The van der Waals surface area contributed by atoms with Crippen molar-refractivity contribution in [1.29, 1.82) is 0 Å². The van der Waals surface area contributed by atoms with E-state index in [9.17, 15) is 14.7 Å². The third kappa shape index (κ3) is 2.81. The maximum absolute atomic E-state index is 11.3. The van der Waals surface area contributed by atoms with Crippen molar-refractivity contribution in [2.45, 2.75) is 6.92 Å². The fraction of sp³-hybridized carbons (Fsp3) is 0.385. The van der Waals surface area contributed by atoms with E-state index >= 15 is 0 Å². The normalized spacial score (nSPS) is 15.5. The molecule has 19 heavy (non-hydrogen) atoms. The van der Waals surface area contributed by atoms with E-state index in [2.05, 4.69) is 0 Å². The molecule has 1 aliphatic heterocycles. The number of hydrogen-bond donors (Lipinski definition) is 1. The minimum Gasteiger partial charge on any atom is -0.478 e. The Morgan fingerprint density at radius 3 is 2.37 bits per heavy atom. The van der Waals surface area contributed by atoms with Gasteiger partial charge in [0.25, 0.3) is 0 Å². The molecule has 0 aliphatic carbocycles. The summed E-state index contributed by atoms with van der Waals surface area (Å²) in [5.74, 6) is -0.987. The highest BCUT2D eigenvalue weighted by atomic mass is 35.5. The molecule has 0 unspecified atom stereocenters. The molecule has 5 nitrogen and oxygen atoms in total. The van der Waals surface area contributed by atoms with Gasteiger partial charge in [-0.2, -0.15) is 0 Å². The second kappa shape index (κ2) is 5.48. The third-order valence-corrected chi connectivity index (χ3v) is 3.59. The van der Waals surface area contributed by atoms with Crippen LogP contribution in [-0.2, 0) is 4.79 Å². The summed E-state index contributed by atoms with van der Waals surface area (Å²) in [5.41, 5.74) is 0.739. The molecule has 1 aromatic rings. The average Bonchev–Trinajstić information content (AvgIpc) is 2.38. The van der Waals surface area contributed by atoms with Crippen LogP contribution in [0.3, 0.4) is 0 Å². The molecule has 2 rings (SSSR count). The number of piperazine rings is 1. The number of nitrogens with zero attached hydrogens (tertiary/aromatic N) is 2. The van der Waals surface area contributed by atoms with Gasteiger partial charge in [-0.25, -0.2) is 4.79 Å². The van der Waals surface area contributed by atoms with Crippen molar-refractivity contribution in [1.82, 2.24) is 4.90 Å². The minimum absolute atomic E-state index is 0.0456. The van der Waals surface area contributed by atoms with Crippen molar-refractivity contribution in [2.75, 3.05) is 31.1 Å². The van der Waals surface area contributed by atoms with E-state index in [0.717, 1.165) is 0 Å². The van der Waals surface area contributed by atoms with Crippen LogP contribution in [0.1, 0.15) is 17.3 Å². The Labute approximate surface area is 116 Å². The Hall–Kier alpha value is -1.75. The maximum Gasteiger partial charge on any atom is 0.339 e. The molecular weight excluding hydrogens is 268 g/mol. The third-order valence-electron chi connectivity index (χ3n) is 3.27. The van der Waals surface area contributed by atoms with Crippen LogP contribution in [0, 0.1) is 0 Å². The first-order valence-electron chi connectivity index (χ1n) is 6.03. The van der Waals surface area contributed by atoms with Gasteiger partial charge in [0.2, 0.25) is 5.91 Å². The van der Waals surface area contributed by atoms with E-state index in [4.69, 9.17) is 11.6 Å². The second-order valence-electron chi connectivity index (χ2n) is 4.43. The summed E-state index contributed by atoms with van der Waals surface area (Å²) in [6, 6.07) is 5.06. The highest BCUT2D eigenvalue weighted by molar-refractivity contribution is 6.34. The standard InChI is InChI=1S/C13H15ClN2O3/c1-9(17)15-5-7-16(8-6-15)11-4-2-3-10(14)12(11)13(18)19/h2-4H,5-8H2,1H3,(H,18,19). The number of rotatable bonds is 2. The van der Waals surface area contributed by atoms with Gasteiger partial charge >= 0.3 is 5.97 Å². The monoisotopic (exact) mass is 282 g/mol. The molecule has 0 saturated carbocycles. The quantitative estimate of drug-likeness (QED) is 0.897. The molecular formula is C13H15ClN2O3. The van der Waals surface area contributed by atoms with Gasteiger partial charge in [0.05, 0.1) is 10.7 Å². The van der Waals surface area contributed by atoms with Gasteiger partial charge in [-0.3, -0.25) is 4.79 Å². The maximum atomic E-state index is 11.3. The van der Waals surface area contributed by atoms with E-state index in [0.29, 0.717) is 31.9 Å². The van der Waals surface area contributed by atoms with Crippen molar-refractivity contribution in [3.05, 3.63) is 28.8 Å². The Morgan fingerprint density at radius 2 is 1.84 bits per heavy atom. The number of aromatic carboxylic acids is 1. The van der Waals surface area contributed by atoms with Crippen LogP contribution in [0.4, 0.5) is 5.69 Å². The number of carbonyl (C=O) groups is 2. The summed E-state index contributed by atoms with van der Waals surface area (Å²) in [4.78, 5) is 26.3. The van der Waals surface area contributed by atoms with Crippen molar-refractivity contribution < 1.29 is 14.7 Å². The molecule has 0 radical (unpaired) electrons. The minimum atomic E-state index is -1.03. The molecule has 1 N–H and O–H groups in total. The van der Waals surface area contributed by atoms with Gasteiger partial charge in [-0.1, -0.05) is 17.7 Å². The summed E-state index contributed by atoms with van der Waals surface area (Å²) in [7, 11) is 0. The summed E-state index contributed by atoms with van der Waals surface area (Å²) in [6.07, 6.45) is 0. The van der Waals surface area contributed by atoms with Crippen molar-refractivity contribution in [3.8, 4) is 0 Å². The molecule has 6 heteroatoms. The Bertz CT molecular complexity index is 511. The van der Waals surface area contributed by atoms with Crippen molar-refractivity contribution in [3.63, 3.8) is 0 Å². The molecule has 0 atom stereocenters. The Kier molecular flexibility index (Phi) is 3.95. The first-order valence-corrected chi connectivity index (χ1v) is 6.40. The predicted molar refractivity (Wildman–Crippen MR) is 72.9 cm³/mol. The van der Waals surface area contributed by atoms with Crippen LogP contribution in [-0.4, -0.2) is 48.1 Å². The van der Waals surface area contributed by atoms with Crippen molar-refractivity contribution >= 4 is 29.2 Å². The zero-order valence-electron chi connectivity index (χ0n) is 10.6. The smallest absolute Gasteiger partial charge is 0.339 e. The van der Waals surface area contributed by atoms with E-state index in [1.807, 2.05) is 4.90 Å². The molecule has 1 aromatic carbocycles. The summed E-state index contributed by atoms with van der Waals surface area (Å²) >= 11 is 5.95. The lowest BCUT2D eigenvalue weighted by atomic mass is 10.1. The number of amides is 1. The number of carboxylic acids is 1. The Morgan fingerprint density at radius 1 is 1.21 bits per heavy atom. The van der Waals surface area contributed by atoms with Crippen LogP contribution in [0.15, 0.2) is 18.2 Å². The fourth-order valence-electron chi connectivity index (χ4n) is 2.25. The van der Waals surface area contributed by atoms with Crippen LogP contribution in [0.25, 0.3) is 0 Å². The molecule has 0 aromatic heterocycles. The first kappa shape index (κ1) is 13.7. The number of benzene rings is 1. The van der Waals surface area contributed by atoms with Gasteiger partial charge in [0, 0.05) is 33.1 Å². The van der Waals surface area contributed by atoms with Crippen LogP contribution < -0.4 is 4.90 Å². The Balaban J connectivity index is 2.22. The van der Waals surface area contributed by atoms with Crippen LogP contribution in [0.5, 0.6) is 0 Å². The molecule has 1 fully saturated rings. The molecule has 1 heterocycles.